The molecule has 1 heterocycles. The van der Waals surface area contributed by atoms with E-state index in [-0.39, 0.29) is 17.9 Å². The summed E-state index contributed by atoms with van der Waals surface area (Å²) >= 11 is 3.51. The summed E-state index contributed by atoms with van der Waals surface area (Å²) in [6, 6.07) is 11.4. The number of carbonyl (C=O) groups excluding carboxylic acids is 1. The molecule has 134 valence electrons. The zero-order valence-electron chi connectivity index (χ0n) is 14.5. The molecule has 1 aliphatic heterocycles. The molecule has 5 heteroatoms. The number of allylic oxidation sites excluding steroid dienone is 2. The number of nitrogens with one attached hydrogen (secondary N) is 2. The number of phenolic OH excluding ortho intramolecular Hbond substituents is 1. The predicted molar refractivity (Wildman–Crippen MR) is 107 cm³/mol. The van der Waals surface area contributed by atoms with E-state index in [0.29, 0.717) is 23.8 Å². The van der Waals surface area contributed by atoms with Crippen LogP contribution in [0.25, 0.3) is 0 Å². The van der Waals surface area contributed by atoms with Gasteiger partial charge in [0.15, 0.2) is 0 Å². The Morgan fingerprint density at radius 1 is 1.27 bits per heavy atom. The first-order valence-corrected chi connectivity index (χ1v) is 9.71. The van der Waals surface area contributed by atoms with Crippen LogP contribution in [0.5, 0.6) is 5.75 Å². The fourth-order valence-electron chi connectivity index (χ4n) is 4.08. The first-order chi connectivity index (χ1) is 12.6. The second-order valence-electron chi connectivity index (χ2n) is 6.84. The van der Waals surface area contributed by atoms with Crippen LogP contribution in [-0.4, -0.2) is 17.6 Å². The third-order valence-corrected chi connectivity index (χ3v) is 5.78. The van der Waals surface area contributed by atoms with Crippen LogP contribution >= 0.6 is 15.9 Å². The van der Waals surface area contributed by atoms with Crippen LogP contribution in [0, 0.1) is 5.92 Å². The molecule has 0 fully saturated rings. The second kappa shape index (κ2) is 6.80. The molecule has 1 aliphatic carbocycles. The number of halogens is 1. The van der Waals surface area contributed by atoms with Crippen molar-refractivity contribution < 1.29 is 9.90 Å². The molecule has 2 aliphatic rings. The summed E-state index contributed by atoms with van der Waals surface area (Å²) in [4.78, 5) is 12.2. The maximum Gasteiger partial charge on any atom is 0.251 e. The lowest BCUT2D eigenvalue weighted by Gasteiger charge is -2.38. The van der Waals surface area contributed by atoms with E-state index in [9.17, 15) is 9.90 Å². The summed E-state index contributed by atoms with van der Waals surface area (Å²) in [7, 11) is 0. The normalized spacial score (nSPS) is 23.1. The van der Waals surface area contributed by atoms with E-state index >= 15 is 0 Å². The molecule has 0 bridgehead atoms. The zero-order valence-corrected chi connectivity index (χ0v) is 16.1. The Morgan fingerprint density at radius 2 is 2.12 bits per heavy atom. The average Bonchev–Trinajstić information content (AvgIpc) is 3.13. The van der Waals surface area contributed by atoms with E-state index in [1.165, 1.54) is 0 Å². The van der Waals surface area contributed by atoms with Gasteiger partial charge in [-0.2, -0.15) is 0 Å². The molecule has 4 nitrogen and oxygen atoms in total. The summed E-state index contributed by atoms with van der Waals surface area (Å²) in [5, 5.41) is 16.9. The number of hydrogen-bond donors (Lipinski definition) is 3. The molecular weight excluding hydrogens is 392 g/mol. The number of amides is 1. The number of benzene rings is 2. The van der Waals surface area contributed by atoms with Gasteiger partial charge in [0.2, 0.25) is 0 Å². The van der Waals surface area contributed by atoms with E-state index < -0.39 is 0 Å². The van der Waals surface area contributed by atoms with Crippen molar-refractivity contribution in [3.8, 4) is 5.75 Å². The summed E-state index contributed by atoms with van der Waals surface area (Å²) < 4.78 is 0.951. The largest absolute Gasteiger partial charge is 0.508 e. The minimum atomic E-state index is -0.0411. The van der Waals surface area contributed by atoms with Crippen molar-refractivity contribution in [3.05, 3.63) is 69.7 Å². The van der Waals surface area contributed by atoms with Crippen molar-refractivity contribution in [3.63, 3.8) is 0 Å². The number of fused-ring (bicyclic) bond motifs is 3. The van der Waals surface area contributed by atoms with Crippen LogP contribution in [0.1, 0.15) is 46.8 Å². The van der Waals surface area contributed by atoms with Gasteiger partial charge in [-0.3, -0.25) is 4.79 Å². The lowest BCUT2D eigenvalue weighted by molar-refractivity contribution is 0.0955. The Balaban J connectivity index is 1.75. The van der Waals surface area contributed by atoms with Gasteiger partial charge >= 0.3 is 0 Å². The number of aromatic hydroxyl groups is 1. The molecule has 0 saturated carbocycles. The topological polar surface area (TPSA) is 61.4 Å². The number of phenols is 1. The highest BCUT2D eigenvalue weighted by Gasteiger charge is 2.39. The molecular formula is C21H21BrN2O2. The van der Waals surface area contributed by atoms with E-state index in [0.717, 1.165) is 27.7 Å². The quantitative estimate of drug-likeness (QED) is 0.638. The van der Waals surface area contributed by atoms with Crippen molar-refractivity contribution >= 4 is 27.5 Å². The fraction of sp³-hybridized carbons (Fsp3) is 0.286. The van der Waals surface area contributed by atoms with Crippen molar-refractivity contribution in [1.29, 1.82) is 0 Å². The molecule has 3 atom stereocenters. The van der Waals surface area contributed by atoms with Gasteiger partial charge in [0, 0.05) is 33.7 Å². The predicted octanol–water partition coefficient (Wildman–Crippen LogP) is 4.73. The highest BCUT2D eigenvalue weighted by atomic mass is 79.9. The Labute approximate surface area is 161 Å². The zero-order chi connectivity index (χ0) is 18.3. The van der Waals surface area contributed by atoms with Crippen LogP contribution < -0.4 is 10.6 Å². The van der Waals surface area contributed by atoms with Crippen LogP contribution in [0.2, 0.25) is 0 Å². The van der Waals surface area contributed by atoms with E-state index in [1.54, 1.807) is 6.07 Å². The Hall–Kier alpha value is -2.27. The van der Waals surface area contributed by atoms with Gasteiger partial charge in [0.1, 0.15) is 5.75 Å². The molecule has 0 spiro atoms. The van der Waals surface area contributed by atoms with Crippen molar-refractivity contribution in [2.24, 2.45) is 5.92 Å². The molecule has 2 aromatic rings. The summed E-state index contributed by atoms with van der Waals surface area (Å²) in [5.74, 6) is 0.815. The Kier molecular flexibility index (Phi) is 4.49. The van der Waals surface area contributed by atoms with E-state index in [2.05, 4.69) is 38.7 Å². The molecule has 2 aromatic carbocycles. The number of hydrogen-bond acceptors (Lipinski definition) is 3. The molecule has 4 rings (SSSR count). The van der Waals surface area contributed by atoms with Crippen LogP contribution in [0.15, 0.2) is 53.0 Å². The van der Waals surface area contributed by atoms with Gasteiger partial charge < -0.3 is 15.7 Å². The summed E-state index contributed by atoms with van der Waals surface area (Å²) in [6.45, 7) is 2.53. The monoisotopic (exact) mass is 412 g/mol. The molecule has 26 heavy (non-hydrogen) atoms. The molecule has 0 saturated heterocycles. The lowest BCUT2D eigenvalue weighted by Crippen LogP contribution is -2.30. The van der Waals surface area contributed by atoms with Gasteiger partial charge in [-0.15, -0.1) is 0 Å². The minimum absolute atomic E-state index is 0.0234. The summed E-state index contributed by atoms with van der Waals surface area (Å²) in [6.07, 6.45) is 5.37. The van der Waals surface area contributed by atoms with Gasteiger partial charge in [-0.25, -0.2) is 0 Å². The highest BCUT2D eigenvalue weighted by Crippen LogP contribution is 2.51. The van der Waals surface area contributed by atoms with E-state index in [1.807, 2.05) is 37.3 Å². The molecule has 1 amide bonds. The Morgan fingerprint density at radius 3 is 2.92 bits per heavy atom. The van der Waals surface area contributed by atoms with Crippen LogP contribution in [-0.2, 0) is 0 Å². The number of rotatable bonds is 3. The maximum absolute atomic E-state index is 12.2. The van der Waals surface area contributed by atoms with Gasteiger partial charge in [0.25, 0.3) is 5.91 Å². The van der Waals surface area contributed by atoms with Gasteiger partial charge in [0.05, 0.1) is 6.04 Å². The number of anilines is 1. The minimum Gasteiger partial charge on any atom is -0.508 e. The average molecular weight is 413 g/mol. The maximum atomic E-state index is 12.2. The standard InChI is InChI=1S/C21H21BrN2O2/c1-2-23-21(26)12-6-8-18-16(10-12)14-4-3-5-15(14)20(24-18)17-11-13(22)7-9-19(17)25/h3-4,6-11,14-15,20,24-25H,2,5H2,1H3,(H,23,26). The van der Waals surface area contributed by atoms with Gasteiger partial charge in [-0.1, -0.05) is 28.1 Å². The first kappa shape index (κ1) is 17.2. The fourth-order valence-corrected chi connectivity index (χ4v) is 4.46. The smallest absolute Gasteiger partial charge is 0.251 e. The Bertz CT molecular complexity index is 894. The van der Waals surface area contributed by atoms with Crippen molar-refractivity contribution in [2.75, 3.05) is 11.9 Å². The summed E-state index contributed by atoms with van der Waals surface area (Å²) in [5.41, 5.74) is 3.76. The van der Waals surface area contributed by atoms with Crippen LogP contribution in [0.3, 0.4) is 0 Å². The van der Waals surface area contributed by atoms with E-state index in [4.69, 9.17) is 0 Å². The molecule has 0 aromatic heterocycles. The van der Waals surface area contributed by atoms with Crippen molar-refractivity contribution in [1.82, 2.24) is 5.32 Å². The lowest BCUT2D eigenvalue weighted by atomic mass is 9.76. The molecule has 3 unspecified atom stereocenters. The van der Waals surface area contributed by atoms with Crippen LogP contribution in [0.4, 0.5) is 5.69 Å². The number of carbonyl (C=O) groups is 1. The third kappa shape index (κ3) is 2.90. The molecule has 0 radical (unpaired) electrons. The SMILES string of the molecule is CCNC(=O)c1ccc2c(c1)C1C=CCC1C(c1cc(Br)ccc1O)N2. The molecule has 3 N–H and O–H groups in total. The van der Waals surface area contributed by atoms with Gasteiger partial charge in [-0.05, 0) is 61.2 Å². The van der Waals surface area contributed by atoms with Crippen molar-refractivity contribution in [2.45, 2.75) is 25.3 Å². The highest BCUT2D eigenvalue weighted by molar-refractivity contribution is 9.10. The second-order valence-corrected chi connectivity index (χ2v) is 7.76. The third-order valence-electron chi connectivity index (χ3n) is 5.29. The first-order valence-electron chi connectivity index (χ1n) is 8.92.